The fourth-order valence-corrected chi connectivity index (χ4v) is 1.84. The summed E-state index contributed by atoms with van der Waals surface area (Å²) in [5.74, 6) is 0.880. The second-order valence-electron chi connectivity index (χ2n) is 4.12. The van der Waals surface area contributed by atoms with Gasteiger partial charge in [0.25, 0.3) is 0 Å². The average Bonchev–Trinajstić information content (AvgIpc) is 2.68. The lowest BCUT2D eigenvalue weighted by molar-refractivity contribution is 0.629. The molecule has 2 rings (SSSR count). The molecule has 1 aromatic carbocycles. The van der Waals surface area contributed by atoms with E-state index in [1.165, 1.54) is 6.33 Å². The van der Waals surface area contributed by atoms with Gasteiger partial charge >= 0.3 is 0 Å². The van der Waals surface area contributed by atoms with Gasteiger partial charge in [-0.1, -0.05) is 23.7 Å². The first kappa shape index (κ1) is 12.1. The van der Waals surface area contributed by atoms with Gasteiger partial charge in [-0.25, -0.2) is 4.98 Å². The van der Waals surface area contributed by atoms with Crippen LogP contribution >= 0.6 is 11.6 Å². The van der Waals surface area contributed by atoms with Crippen molar-refractivity contribution in [2.24, 2.45) is 12.8 Å². The van der Waals surface area contributed by atoms with Crippen molar-refractivity contribution in [1.82, 2.24) is 14.8 Å². The van der Waals surface area contributed by atoms with Crippen LogP contribution in [0, 0.1) is 6.92 Å². The van der Waals surface area contributed by atoms with E-state index in [9.17, 15) is 0 Å². The van der Waals surface area contributed by atoms with Gasteiger partial charge in [0.2, 0.25) is 0 Å². The van der Waals surface area contributed by atoms with E-state index in [0.29, 0.717) is 6.42 Å². The molecule has 5 heteroatoms. The lowest BCUT2D eigenvalue weighted by Gasteiger charge is -2.12. The number of nitrogens with two attached hydrogens (primary N) is 1. The minimum atomic E-state index is -0.0890. The number of nitrogens with zero attached hydrogens (tertiary/aromatic N) is 3. The topological polar surface area (TPSA) is 56.7 Å². The molecule has 0 aliphatic carbocycles. The van der Waals surface area contributed by atoms with E-state index in [1.54, 1.807) is 4.68 Å². The normalized spacial score (nSPS) is 12.7. The monoisotopic (exact) mass is 250 g/mol. The molecule has 0 saturated heterocycles. The van der Waals surface area contributed by atoms with Crippen LogP contribution in [0.3, 0.4) is 0 Å². The van der Waals surface area contributed by atoms with Crippen molar-refractivity contribution < 1.29 is 0 Å². The molecule has 90 valence electrons. The Balaban J connectivity index is 2.17. The maximum atomic E-state index is 6.15. The number of hydrogen-bond acceptors (Lipinski definition) is 3. The molecule has 0 aliphatic heterocycles. The Morgan fingerprint density at radius 3 is 2.82 bits per heavy atom. The van der Waals surface area contributed by atoms with Crippen molar-refractivity contribution in [3.8, 4) is 0 Å². The summed E-state index contributed by atoms with van der Waals surface area (Å²) in [4.78, 5) is 4.17. The van der Waals surface area contributed by atoms with Crippen LogP contribution in [-0.2, 0) is 13.5 Å². The quantitative estimate of drug-likeness (QED) is 0.907. The highest BCUT2D eigenvalue weighted by atomic mass is 35.5. The summed E-state index contributed by atoms with van der Waals surface area (Å²) >= 11 is 5.99. The zero-order valence-electron chi connectivity index (χ0n) is 9.89. The zero-order valence-corrected chi connectivity index (χ0v) is 10.6. The van der Waals surface area contributed by atoms with Crippen molar-refractivity contribution in [3.05, 3.63) is 46.5 Å². The summed E-state index contributed by atoms with van der Waals surface area (Å²) in [5.41, 5.74) is 8.25. The fourth-order valence-electron chi connectivity index (χ4n) is 1.72. The molecule has 0 spiro atoms. The molecule has 0 bridgehead atoms. The van der Waals surface area contributed by atoms with E-state index in [1.807, 2.05) is 32.2 Å². The summed E-state index contributed by atoms with van der Waals surface area (Å²) in [5, 5.41) is 4.79. The lowest BCUT2D eigenvalue weighted by Crippen LogP contribution is -2.16. The van der Waals surface area contributed by atoms with Crippen LogP contribution in [0.25, 0.3) is 0 Å². The summed E-state index contributed by atoms with van der Waals surface area (Å²) in [6, 6.07) is 5.76. The molecule has 0 amide bonds. The van der Waals surface area contributed by atoms with E-state index in [4.69, 9.17) is 17.3 Å². The van der Waals surface area contributed by atoms with Gasteiger partial charge in [-0.2, -0.15) is 5.10 Å². The molecule has 17 heavy (non-hydrogen) atoms. The highest BCUT2D eigenvalue weighted by Gasteiger charge is 2.11. The molecule has 1 heterocycles. The number of aryl methyl sites for hydroxylation is 2. The summed E-state index contributed by atoms with van der Waals surface area (Å²) in [7, 11) is 1.86. The van der Waals surface area contributed by atoms with Gasteiger partial charge in [-0.3, -0.25) is 4.68 Å². The minimum Gasteiger partial charge on any atom is -0.324 e. The lowest BCUT2D eigenvalue weighted by atomic mass is 10.0. The molecule has 0 saturated carbocycles. The first-order valence-electron chi connectivity index (χ1n) is 5.42. The molecule has 2 N–H and O–H groups in total. The van der Waals surface area contributed by atoms with Crippen LogP contribution in [0.5, 0.6) is 0 Å². The Morgan fingerprint density at radius 1 is 1.47 bits per heavy atom. The third-order valence-corrected chi connectivity index (χ3v) is 3.24. The van der Waals surface area contributed by atoms with Gasteiger partial charge < -0.3 is 5.73 Å². The number of hydrogen-bond donors (Lipinski definition) is 1. The van der Waals surface area contributed by atoms with E-state index in [2.05, 4.69) is 10.1 Å². The molecule has 4 nitrogen and oxygen atoms in total. The van der Waals surface area contributed by atoms with E-state index < -0.39 is 0 Å². The maximum absolute atomic E-state index is 6.15. The van der Waals surface area contributed by atoms with Crippen molar-refractivity contribution in [2.75, 3.05) is 0 Å². The van der Waals surface area contributed by atoms with Crippen LogP contribution in [0.2, 0.25) is 5.02 Å². The summed E-state index contributed by atoms with van der Waals surface area (Å²) in [6.07, 6.45) is 2.20. The van der Waals surface area contributed by atoms with E-state index >= 15 is 0 Å². The highest BCUT2D eigenvalue weighted by molar-refractivity contribution is 6.31. The van der Waals surface area contributed by atoms with Crippen molar-refractivity contribution in [1.29, 1.82) is 0 Å². The van der Waals surface area contributed by atoms with Gasteiger partial charge in [-0.15, -0.1) is 0 Å². The van der Waals surface area contributed by atoms with Crippen LogP contribution in [-0.4, -0.2) is 14.8 Å². The van der Waals surface area contributed by atoms with Crippen molar-refractivity contribution in [2.45, 2.75) is 19.4 Å². The molecule has 0 fully saturated rings. The summed E-state index contributed by atoms with van der Waals surface area (Å²) in [6.45, 7) is 1.97. The number of benzene rings is 1. The van der Waals surface area contributed by atoms with Gasteiger partial charge in [0.1, 0.15) is 12.2 Å². The van der Waals surface area contributed by atoms with Crippen molar-refractivity contribution >= 4 is 11.6 Å². The Bertz CT molecular complexity index is 521. The first-order chi connectivity index (χ1) is 8.08. The Morgan fingerprint density at radius 2 is 2.24 bits per heavy atom. The second kappa shape index (κ2) is 4.85. The zero-order chi connectivity index (χ0) is 12.4. The number of halogens is 1. The third-order valence-electron chi connectivity index (χ3n) is 2.82. The summed E-state index contributed by atoms with van der Waals surface area (Å²) < 4.78 is 1.74. The molecule has 1 atom stereocenters. The smallest absolute Gasteiger partial charge is 0.138 e. The fraction of sp³-hybridized carbons (Fsp3) is 0.333. The predicted molar refractivity (Wildman–Crippen MR) is 67.8 cm³/mol. The van der Waals surface area contributed by atoms with E-state index in [0.717, 1.165) is 22.0 Å². The second-order valence-corrected chi connectivity index (χ2v) is 4.53. The molecule has 2 aromatic rings. The van der Waals surface area contributed by atoms with Gasteiger partial charge in [0.05, 0.1) is 0 Å². The molecule has 1 unspecified atom stereocenters. The SMILES string of the molecule is Cc1cc(C(N)Cc2ncnn2C)ccc1Cl. The first-order valence-corrected chi connectivity index (χ1v) is 5.80. The standard InChI is InChI=1S/C12H15ClN4/c1-8-5-9(3-4-10(8)13)11(14)6-12-15-7-16-17(12)2/h3-5,7,11H,6,14H2,1-2H3. The molecule has 0 radical (unpaired) electrons. The van der Waals surface area contributed by atoms with Crippen LogP contribution in [0.1, 0.15) is 23.0 Å². The predicted octanol–water partition coefficient (Wildman–Crippen LogP) is 2.02. The minimum absolute atomic E-state index is 0.0890. The van der Waals surface area contributed by atoms with Gasteiger partial charge in [0, 0.05) is 24.5 Å². The van der Waals surface area contributed by atoms with Crippen LogP contribution in [0.15, 0.2) is 24.5 Å². The van der Waals surface area contributed by atoms with E-state index in [-0.39, 0.29) is 6.04 Å². The van der Waals surface area contributed by atoms with Gasteiger partial charge in [-0.05, 0) is 24.1 Å². The molecule has 1 aromatic heterocycles. The Labute approximate surface area is 105 Å². The molecular formula is C12H15ClN4. The maximum Gasteiger partial charge on any atom is 0.138 e. The van der Waals surface area contributed by atoms with Crippen LogP contribution < -0.4 is 5.73 Å². The van der Waals surface area contributed by atoms with Gasteiger partial charge in [0.15, 0.2) is 0 Å². The van der Waals surface area contributed by atoms with Crippen molar-refractivity contribution in [3.63, 3.8) is 0 Å². The molecule has 0 aliphatic rings. The largest absolute Gasteiger partial charge is 0.324 e. The third kappa shape index (κ3) is 2.65. The Kier molecular flexibility index (Phi) is 3.45. The van der Waals surface area contributed by atoms with Crippen LogP contribution in [0.4, 0.5) is 0 Å². The number of aromatic nitrogens is 3. The highest BCUT2D eigenvalue weighted by Crippen LogP contribution is 2.21. The number of rotatable bonds is 3. The molecular weight excluding hydrogens is 236 g/mol. The average molecular weight is 251 g/mol. The Hall–Kier alpha value is -1.39.